The Labute approximate surface area is 691 Å². The van der Waals surface area contributed by atoms with Gasteiger partial charge in [0.15, 0.2) is 0 Å². The van der Waals surface area contributed by atoms with Gasteiger partial charge in [0.1, 0.15) is 37.1 Å². The Morgan fingerprint density at radius 2 is 0.796 bits per heavy atom. The lowest BCUT2D eigenvalue weighted by atomic mass is 9.98. The molecule has 0 saturated carbocycles. The number of nitrogens with one attached hydrogen (secondary N) is 2. The van der Waals surface area contributed by atoms with E-state index in [1.54, 1.807) is 56.4 Å². The number of piperazine rings is 3. The maximum atomic E-state index is 11.9. The fourth-order valence-electron chi connectivity index (χ4n) is 13.5. The van der Waals surface area contributed by atoms with Crippen molar-refractivity contribution >= 4 is 115 Å². The molecule has 0 aliphatic carbocycles. The fraction of sp³-hybridized carbons (Fsp3) is 0.329. The Balaban J connectivity index is 0.000000179. The fourth-order valence-corrected chi connectivity index (χ4v) is 15.4. The summed E-state index contributed by atoms with van der Waals surface area (Å²) in [5.41, 5.74) is 10.9. The number of hydrogen-bond acceptors (Lipinski definition) is 20. The van der Waals surface area contributed by atoms with E-state index in [1.807, 2.05) is 121 Å². The van der Waals surface area contributed by atoms with Gasteiger partial charge < -0.3 is 64.3 Å². The lowest BCUT2D eigenvalue weighted by Gasteiger charge is -2.45. The molecular weight excluding hydrogens is 1590 g/mol. The number of anilines is 3. The molecule has 3 aliphatic heterocycles. The first-order valence-corrected chi connectivity index (χ1v) is 40.8. The van der Waals surface area contributed by atoms with Gasteiger partial charge in [0.2, 0.25) is 0 Å². The van der Waals surface area contributed by atoms with Crippen LogP contribution < -0.4 is 39.5 Å². The van der Waals surface area contributed by atoms with E-state index in [1.165, 1.54) is 19.8 Å². The first-order chi connectivity index (χ1) is 54.3. The molecule has 602 valence electrons. The predicted molar refractivity (Wildman–Crippen MR) is 449 cm³/mol. The van der Waals surface area contributed by atoms with Crippen molar-refractivity contribution in [2.45, 2.75) is 57.1 Å². The van der Waals surface area contributed by atoms with Gasteiger partial charge in [0, 0.05) is 117 Å². The number of rotatable bonds is 25. The van der Waals surface area contributed by atoms with Crippen LogP contribution in [-0.2, 0) is 23.8 Å². The minimum absolute atomic E-state index is 0.0180. The normalized spacial score (nSPS) is 16.6. The van der Waals surface area contributed by atoms with Crippen molar-refractivity contribution in [1.29, 1.82) is 0 Å². The highest BCUT2D eigenvalue weighted by Gasteiger charge is 2.35. The van der Waals surface area contributed by atoms with E-state index in [4.69, 9.17) is 108 Å². The van der Waals surface area contributed by atoms with E-state index in [0.29, 0.717) is 64.6 Å². The van der Waals surface area contributed by atoms with Gasteiger partial charge in [0.05, 0.1) is 108 Å². The summed E-state index contributed by atoms with van der Waals surface area (Å²) in [5.74, 6) is 1.06. The Kier molecular flexibility index (Phi) is 34.0. The molecule has 9 aromatic rings. The largest absolute Gasteiger partial charge is 0.491 e. The SMILES string of the molecule is CNC(=O)c1ccc([C@@H](C)N2CCN(c3ccc(OCCO)cc3Cl)C(c3ccc(Cl)cc3)C2)cc1.COC(=O)c1ccc([C@@H](C)N2CCN(c3ccc(OCCO)cc3Cl)C(c3ccc(Cl)cc3)C2)cc1.COC(=O)c1ccc([C@@H](C)OS(C)(=O)=O)cc1.OCCOc1ccc(N2CCNCC2c2ccc(Cl)cc2)c(Cl)c1. The summed E-state index contributed by atoms with van der Waals surface area (Å²) in [6, 6.07) is 63.2. The highest BCUT2D eigenvalue weighted by atomic mass is 35.5. The number of carbonyl (C=O) groups excluding carboxylic acids is 3. The number of ether oxygens (including phenoxy) is 5. The number of aliphatic hydroxyl groups excluding tert-OH is 3. The number of benzene rings is 9. The highest BCUT2D eigenvalue weighted by molar-refractivity contribution is 7.86. The number of aliphatic hydroxyl groups is 3. The van der Waals surface area contributed by atoms with Crippen LogP contribution in [0, 0.1) is 0 Å². The van der Waals surface area contributed by atoms with Crippen LogP contribution in [0.1, 0.15) is 122 Å². The van der Waals surface area contributed by atoms with Crippen LogP contribution in [-0.4, -0.2) is 177 Å². The van der Waals surface area contributed by atoms with Gasteiger partial charge in [-0.1, -0.05) is 142 Å². The third-order valence-electron chi connectivity index (χ3n) is 19.5. The van der Waals surface area contributed by atoms with Crippen molar-refractivity contribution in [3.05, 3.63) is 280 Å². The molecular formula is C85H95Cl6N7O14S. The van der Waals surface area contributed by atoms with E-state index in [-0.39, 0.29) is 81.7 Å². The quantitative estimate of drug-likeness (QED) is 0.0264. The molecule has 1 amide bonds. The average Bonchev–Trinajstić information content (AvgIpc) is 0.786. The zero-order chi connectivity index (χ0) is 81.3. The van der Waals surface area contributed by atoms with Crippen LogP contribution in [0.5, 0.6) is 17.2 Å². The summed E-state index contributed by atoms with van der Waals surface area (Å²) in [4.78, 5) is 46.8. The third-order valence-corrected chi connectivity index (χ3v) is 21.8. The summed E-state index contributed by atoms with van der Waals surface area (Å²) < 4.78 is 52.5. The molecule has 21 nitrogen and oxygen atoms in total. The zero-order valence-electron chi connectivity index (χ0n) is 63.9. The second-order valence-corrected chi connectivity index (χ2v) is 30.9. The van der Waals surface area contributed by atoms with Crippen LogP contribution in [0.2, 0.25) is 30.1 Å². The minimum Gasteiger partial charge on any atom is -0.491 e. The molecule has 0 aromatic heterocycles. The minimum atomic E-state index is -3.49. The lowest BCUT2D eigenvalue weighted by Crippen LogP contribution is -2.49. The number of carbonyl (C=O) groups is 3. The van der Waals surface area contributed by atoms with Crippen LogP contribution >= 0.6 is 69.6 Å². The molecule has 113 heavy (non-hydrogen) atoms. The maximum Gasteiger partial charge on any atom is 0.337 e. The van der Waals surface area contributed by atoms with E-state index in [2.05, 4.69) is 90.1 Å². The highest BCUT2D eigenvalue weighted by Crippen LogP contribution is 2.43. The van der Waals surface area contributed by atoms with E-state index in [9.17, 15) is 22.8 Å². The second kappa shape index (κ2) is 43.4. The summed E-state index contributed by atoms with van der Waals surface area (Å²) in [5, 5.41) is 37.0. The number of amides is 1. The van der Waals surface area contributed by atoms with E-state index >= 15 is 0 Å². The second-order valence-electron chi connectivity index (χ2n) is 26.8. The van der Waals surface area contributed by atoms with Crippen LogP contribution in [0.15, 0.2) is 200 Å². The lowest BCUT2D eigenvalue weighted by molar-refractivity contribution is 0.0591. The maximum absolute atomic E-state index is 11.9. The van der Waals surface area contributed by atoms with E-state index < -0.39 is 22.2 Å². The molecule has 6 atom stereocenters. The molecule has 9 aromatic carbocycles. The Morgan fingerprint density at radius 1 is 0.460 bits per heavy atom. The van der Waals surface area contributed by atoms with Gasteiger partial charge in [-0.05, 0) is 163 Å². The molecule has 3 heterocycles. The summed E-state index contributed by atoms with van der Waals surface area (Å²) in [7, 11) is 0.825. The molecule has 0 radical (unpaired) electrons. The number of halogens is 6. The van der Waals surface area contributed by atoms with Crippen LogP contribution in [0.4, 0.5) is 17.1 Å². The predicted octanol–water partition coefficient (Wildman–Crippen LogP) is 16.1. The third kappa shape index (κ3) is 25.1. The topological polar surface area (TPSA) is 242 Å². The summed E-state index contributed by atoms with van der Waals surface area (Å²) in [6.07, 6.45) is 0.406. The first-order valence-electron chi connectivity index (χ1n) is 36.8. The Morgan fingerprint density at radius 3 is 1.12 bits per heavy atom. The number of nitrogens with zero attached hydrogens (tertiary/aromatic N) is 5. The van der Waals surface area contributed by atoms with Gasteiger partial charge in [0.25, 0.3) is 16.0 Å². The van der Waals surface area contributed by atoms with Crippen molar-refractivity contribution in [2.75, 3.05) is 141 Å². The van der Waals surface area contributed by atoms with Crippen molar-refractivity contribution < 1.29 is 66.0 Å². The van der Waals surface area contributed by atoms with Crippen molar-refractivity contribution in [1.82, 2.24) is 20.4 Å². The number of esters is 2. The summed E-state index contributed by atoms with van der Waals surface area (Å²) in [6.45, 7) is 14.0. The van der Waals surface area contributed by atoms with Crippen molar-refractivity contribution in [3.8, 4) is 17.2 Å². The van der Waals surface area contributed by atoms with Gasteiger partial charge in [-0.25, -0.2) is 9.59 Å². The Bertz CT molecular complexity index is 4480. The molecule has 0 bridgehead atoms. The smallest absolute Gasteiger partial charge is 0.337 e. The standard InChI is InChI=1S/C28H31Cl2N3O3.C28H30Cl2N2O4.C18H20Cl2N2O2.C11H14O5S/c1-19(20-3-5-22(6-4-20)28(35)31-2)32-13-14-33(27(18-32)21-7-9-23(29)10-8-21)26-12-11-24(17-25(26)30)36-16-15-34;1-19(20-3-5-22(6-4-20)28(34)35-2)31-13-14-32(27(18-31)21-7-9-23(29)10-8-21)26-12-11-24(17-25(26)30)36-16-15-33;19-14-3-1-13(2-4-14)18-12-21-7-8-22(18)17-6-5-15(11-16(17)20)24-10-9-23;1-8(16-17(3,13)14)9-4-6-10(7-5-9)11(12)15-2/h3-12,17,19,27,34H,13-16,18H2,1-2H3,(H,31,35);3-12,17,19,27,33H,13-16,18H2,1-2H3;1-6,11,18,21,23H,7-10,12H2;4-8H,1-3H3/t2*19-,27?;;8-/m11.1/s1. The van der Waals surface area contributed by atoms with Gasteiger partial charge in [-0.3, -0.25) is 18.8 Å². The first kappa shape index (κ1) is 88.5. The molecule has 0 spiro atoms. The molecule has 12 rings (SSSR count). The molecule has 28 heteroatoms. The Hall–Kier alpha value is -8.40. The summed E-state index contributed by atoms with van der Waals surface area (Å²) >= 11 is 38.3. The zero-order valence-corrected chi connectivity index (χ0v) is 69.2. The molecule has 3 fully saturated rings. The van der Waals surface area contributed by atoms with Gasteiger partial charge in [-0.15, -0.1) is 0 Å². The number of methoxy groups -OCH3 is 2. The van der Waals surface area contributed by atoms with Crippen LogP contribution in [0.25, 0.3) is 0 Å². The van der Waals surface area contributed by atoms with Crippen molar-refractivity contribution in [2.24, 2.45) is 0 Å². The van der Waals surface area contributed by atoms with E-state index in [0.717, 1.165) is 109 Å². The van der Waals surface area contributed by atoms with Gasteiger partial charge in [-0.2, -0.15) is 8.42 Å². The van der Waals surface area contributed by atoms with Gasteiger partial charge >= 0.3 is 11.9 Å². The molecule has 3 saturated heterocycles. The molecule has 3 unspecified atom stereocenters. The average molecular weight is 1680 g/mol. The molecule has 5 N–H and O–H groups in total. The number of hydrogen-bond donors (Lipinski definition) is 5. The monoisotopic (exact) mass is 1680 g/mol. The van der Waals surface area contributed by atoms with Crippen LogP contribution in [0.3, 0.4) is 0 Å². The van der Waals surface area contributed by atoms with Crippen molar-refractivity contribution in [3.63, 3.8) is 0 Å². The molecule has 3 aliphatic rings.